The molecule has 0 N–H and O–H groups in total. The van der Waals surface area contributed by atoms with Crippen LogP contribution in [0.1, 0.15) is 0 Å². The zero-order valence-corrected chi connectivity index (χ0v) is 11.3. The number of aromatic nitrogens is 3. The Morgan fingerprint density at radius 1 is 0.909 bits per heavy atom. The number of nitro groups is 1. The quantitative estimate of drug-likeness (QED) is 0.320. The Balaban J connectivity index is 2.27. The molecule has 7 heteroatoms. The van der Waals surface area contributed by atoms with Crippen LogP contribution in [0.4, 0.5) is 5.69 Å². The third kappa shape index (κ3) is 2.47. The van der Waals surface area contributed by atoms with E-state index in [4.69, 9.17) is 0 Å². The Bertz CT molecular complexity index is 762. The maximum absolute atomic E-state index is 12.6. The first-order chi connectivity index (χ1) is 10.7. The third-order valence-electron chi connectivity index (χ3n) is 3.07. The average Bonchev–Trinajstić information content (AvgIpc) is 2.56. The molecule has 0 aliphatic carbocycles. The maximum atomic E-state index is 12.6. The van der Waals surface area contributed by atoms with Crippen molar-refractivity contribution in [1.29, 1.82) is 0 Å². The van der Waals surface area contributed by atoms with Crippen molar-refractivity contribution in [3.63, 3.8) is 0 Å². The van der Waals surface area contributed by atoms with Gasteiger partial charge in [0.2, 0.25) is 11.4 Å². The van der Waals surface area contributed by atoms with Crippen LogP contribution in [0.2, 0.25) is 0 Å². The van der Waals surface area contributed by atoms with Crippen LogP contribution in [-0.4, -0.2) is 14.9 Å². The van der Waals surface area contributed by atoms with Gasteiger partial charge in [0.05, 0.1) is 17.1 Å². The average molecular weight is 294 g/mol. The minimum Gasteiger partial charge on any atom is -0.618 e. The zero-order chi connectivity index (χ0) is 15.5. The third-order valence-corrected chi connectivity index (χ3v) is 3.07. The highest BCUT2D eigenvalue weighted by Gasteiger charge is 2.23. The van der Waals surface area contributed by atoms with E-state index < -0.39 is 4.92 Å². The Labute approximate surface area is 125 Å². The highest BCUT2D eigenvalue weighted by molar-refractivity contribution is 5.61. The van der Waals surface area contributed by atoms with Crippen LogP contribution in [0.5, 0.6) is 0 Å². The first-order valence-electron chi connectivity index (χ1n) is 6.41. The molecule has 0 atom stereocenters. The van der Waals surface area contributed by atoms with Gasteiger partial charge in [-0.1, -0.05) is 12.1 Å². The molecule has 0 radical (unpaired) electrons. The van der Waals surface area contributed by atoms with Crippen LogP contribution < -0.4 is 4.73 Å². The van der Waals surface area contributed by atoms with Gasteiger partial charge in [-0.25, -0.2) is 9.97 Å². The van der Waals surface area contributed by atoms with Gasteiger partial charge in [-0.05, 0) is 24.3 Å². The molecule has 0 fully saturated rings. The molecule has 0 saturated heterocycles. The second kappa shape index (κ2) is 5.57. The molecule has 3 aromatic rings. The summed E-state index contributed by atoms with van der Waals surface area (Å²) in [6.07, 6.45) is 3.04. The SMILES string of the molecule is O=[N+]([O-])c1cc(-c2ccccn2)[n+]([O-])c(-c2ccccn2)c1. The van der Waals surface area contributed by atoms with E-state index in [0.717, 1.165) is 0 Å². The van der Waals surface area contributed by atoms with Gasteiger partial charge in [0.1, 0.15) is 11.4 Å². The summed E-state index contributed by atoms with van der Waals surface area (Å²) >= 11 is 0. The van der Waals surface area contributed by atoms with E-state index in [0.29, 0.717) is 16.1 Å². The van der Waals surface area contributed by atoms with E-state index in [2.05, 4.69) is 9.97 Å². The molecule has 0 amide bonds. The van der Waals surface area contributed by atoms with E-state index in [1.54, 1.807) is 36.4 Å². The van der Waals surface area contributed by atoms with E-state index in [1.165, 1.54) is 24.5 Å². The molecule has 3 heterocycles. The van der Waals surface area contributed by atoms with Crippen LogP contribution in [0.25, 0.3) is 22.8 Å². The summed E-state index contributed by atoms with van der Waals surface area (Å²) in [5, 5.41) is 23.7. The lowest BCUT2D eigenvalue weighted by molar-refractivity contribution is -0.582. The Hall–Kier alpha value is -3.35. The zero-order valence-electron chi connectivity index (χ0n) is 11.3. The van der Waals surface area contributed by atoms with Gasteiger partial charge in [-0.3, -0.25) is 10.1 Å². The van der Waals surface area contributed by atoms with Crippen molar-refractivity contribution in [1.82, 2.24) is 9.97 Å². The van der Waals surface area contributed by atoms with Crippen molar-refractivity contribution >= 4 is 5.69 Å². The van der Waals surface area contributed by atoms with Gasteiger partial charge in [-0.15, -0.1) is 0 Å². The summed E-state index contributed by atoms with van der Waals surface area (Å²) in [5.41, 5.74) is 0.746. The van der Waals surface area contributed by atoms with Gasteiger partial charge in [0, 0.05) is 12.4 Å². The normalized spacial score (nSPS) is 10.4. The predicted octanol–water partition coefficient (Wildman–Crippen LogP) is 2.35. The number of pyridine rings is 3. The van der Waals surface area contributed by atoms with Gasteiger partial charge in [0.25, 0.3) is 5.69 Å². The highest BCUT2D eigenvalue weighted by Crippen LogP contribution is 2.24. The predicted molar refractivity (Wildman–Crippen MR) is 78.5 cm³/mol. The van der Waals surface area contributed by atoms with Gasteiger partial charge in [0.15, 0.2) is 0 Å². The second-order valence-corrected chi connectivity index (χ2v) is 4.47. The minimum atomic E-state index is -0.543. The Morgan fingerprint density at radius 3 is 1.77 bits per heavy atom. The lowest BCUT2D eigenvalue weighted by Gasteiger charge is -2.08. The van der Waals surface area contributed by atoms with Crippen LogP contribution in [-0.2, 0) is 0 Å². The summed E-state index contributed by atoms with van der Waals surface area (Å²) < 4.78 is 0.609. The molecule has 7 nitrogen and oxygen atoms in total. The number of hydrogen-bond donors (Lipinski definition) is 0. The lowest BCUT2D eigenvalue weighted by atomic mass is 10.1. The fraction of sp³-hybridized carbons (Fsp3) is 0. The molecule has 0 aliphatic rings. The summed E-state index contributed by atoms with van der Waals surface area (Å²) in [6.45, 7) is 0. The van der Waals surface area contributed by atoms with Gasteiger partial charge < -0.3 is 5.21 Å². The summed E-state index contributed by atoms with van der Waals surface area (Å²) in [7, 11) is 0. The van der Waals surface area contributed by atoms with Crippen molar-refractivity contribution in [3.8, 4) is 22.8 Å². The monoisotopic (exact) mass is 294 g/mol. The summed E-state index contributed by atoms with van der Waals surface area (Å²) in [6, 6.07) is 12.5. The second-order valence-electron chi connectivity index (χ2n) is 4.47. The lowest BCUT2D eigenvalue weighted by Crippen LogP contribution is -2.32. The molecule has 0 spiro atoms. The smallest absolute Gasteiger partial charge is 0.282 e. The molecular weight excluding hydrogens is 284 g/mol. The van der Waals surface area contributed by atoms with Crippen molar-refractivity contribution < 1.29 is 9.65 Å². The summed E-state index contributed by atoms with van der Waals surface area (Å²) in [5.74, 6) is 0. The fourth-order valence-electron chi connectivity index (χ4n) is 2.06. The van der Waals surface area contributed by atoms with Crippen LogP contribution in [0.3, 0.4) is 0 Å². The molecule has 108 valence electrons. The first-order valence-corrected chi connectivity index (χ1v) is 6.41. The number of hydrogen-bond acceptors (Lipinski definition) is 5. The molecule has 0 bridgehead atoms. The van der Waals surface area contributed by atoms with Gasteiger partial charge >= 0.3 is 0 Å². The van der Waals surface area contributed by atoms with Crippen molar-refractivity contribution in [2.24, 2.45) is 0 Å². The molecule has 3 rings (SSSR count). The fourth-order valence-corrected chi connectivity index (χ4v) is 2.06. The molecule has 0 aliphatic heterocycles. The van der Waals surface area contributed by atoms with Crippen molar-refractivity contribution in [2.45, 2.75) is 0 Å². The van der Waals surface area contributed by atoms with Gasteiger partial charge in [-0.2, -0.15) is 4.73 Å². The van der Waals surface area contributed by atoms with Crippen LogP contribution in [0.15, 0.2) is 60.9 Å². The van der Waals surface area contributed by atoms with Crippen molar-refractivity contribution in [3.05, 3.63) is 76.2 Å². The molecule has 0 unspecified atom stereocenters. The van der Waals surface area contributed by atoms with E-state index >= 15 is 0 Å². The van der Waals surface area contributed by atoms with E-state index in [1.807, 2.05) is 0 Å². The molecule has 3 aromatic heterocycles. The largest absolute Gasteiger partial charge is 0.618 e. The topological polar surface area (TPSA) is 95.9 Å². The van der Waals surface area contributed by atoms with Crippen LogP contribution in [0, 0.1) is 15.3 Å². The number of rotatable bonds is 3. The molecule has 0 aromatic carbocycles. The Morgan fingerprint density at radius 2 is 1.41 bits per heavy atom. The maximum Gasteiger partial charge on any atom is 0.282 e. The molecule has 22 heavy (non-hydrogen) atoms. The first kappa shape index (κ1) is 13.6. The minimum absolute atomic E-state index is 0.107. The summed E-state index contributed by atoms with van der Waals surface area (Å²) in [4.78, 5) is 18.8. The standard InChI is InChI=1S/C15H10N4O3/c20-18-14(12-5-1-3-7-16-12)9-11(19(21)22)10-15(18)13-6-2-4-8-17-13/h1-10H. The molecular formula is C15H10N4O3. The van der Waals surface area contributed by atoms with Crippen molar-refractivity contribution in [2.75, 3.05) is 0 Å². The van der Waals surface area contributed by atoms with Crippen LogP contribution >= 0.6 is 0 Å². The Kier molecular flexibility index (Phi) is 3.45. The molecule has 0 saturated carbocycles. The number of nitrogens with zero attached hydrogens (tertiary/aromatic N) is 4. The highest BCUT2D eigenvalue weighted by atomic mass is 16.6. The van der Waals surface area contributed by atoms with E-state index in [9.17, 15) is 15.3 Å². The van der Waals surface area contributed by atoms with E-state index in [-0.39, 0.29) is 17.1 Å².